The molecule has 102 valence electrons. The van der Waals surface area contributed by atoms with Crippen molar-refractivity contribution in [2.75, 3.05) is 0 Å². The molecule has 1 unspecified atom stereocenters. The number of halogens is 2. The summed E-state index contributed by atoms with van der Waals surface area (Å²) >= 11 is 3.87. The molecule has 1 nitrogen and oxygen atoms in total. The zero-order chi connectivity index (χ0) is 14.2. The first-order valence-corrected chi connectivity index (χ1v) is 7.99. The summed E-state index contributed by atoms with van der Waals surface area (Å²) in [7, 11) is 0. The Hall–Kier alpha value is -0.460. The molecule has 0 saturated heterocycles. The predicted octanol–water partition coefficient (Wildman–Crippen LogP) is 4.84. The standard InChI is InChI=1S/C15H17FINS/c1-15(2,3)13-7-6-12(19-13)14(18)10-5-4-9(16)8-11(10)17/h4-8,14H,18H2,1-3H3. The Morgan fingerprint density at radius 3 is 2.42 bits per heavy atom. The molecule has 0 aliphatic rings. The third-order valence-corrected chi connectivity index (χ3v) is 5.50. The molecule has 2 rings (SSSR count). The number of hydrogen-bond acceptors (Lipinski definition) is 2. The van der Waals surface area contributed by atoms with Crippen LogP contribution in [0.15, 0.2) is 30.3 Å². The summed E-state index contributed by atoms with van der Waals surface area (Å²) in [6.07, 6.45) is 0. The van der Waals surface area contributed by atoms with E-state index in [0.29, 0.717) is 0 Å². The molecule has 0 fully saturated rings. The molecule has 2 N–H and O–H groups in total. The summed E-state index contributed by atoms with van der Waals surface area (Å²) in [5.74, 6) is -0.220. The first kappa shape index (κ1) is 14.9. The van der Waals surface area contributed by atoms with Gasteiger partial charge in [-0.05, 0) is 57.8 Å². The van der Waals surface area contributed by atoms with Gasteiger partial charge in [0.2, 0.25) is 0 Å². The minimum Gasteiger partial charge on any atom is -0.320 e. The topological polar surface area (TPSA) is 26.0 Å². The molecular formula is C15H17FINS. The van der Waals surface area contributed by atoms with Crippen molar-refractivity contribution in [2.45, 2.75) is 32.2 Å². The van der Waals surface area contributed by atoms with E-state index >= 15 is 0 Å². The molecule has 0 aliphatic carbocycles. The van der Waals surface area contributed by atoms with Crippen molar-refractivity contribution in [1.29, 1.82) is 0 Å². The fourth-order valence-corrected chi connectivity index (χ4v) is 3.73. The SMILES string of the molecule is CC(C)(C)c1ccc(C(N)c2ccc(F)cc2I)s1. The first-order chi connectivity index (χ1) is 8.79. The van der Waals surface area contributed by atoms with Crippen molar-refractivity contribution in [1.82, 2.24) is 0 Å². The zero-order valence-electron chi connectivity index (χ0n) is 11.2. The van der Waals surface area contributed by atoms with Crippen LogP contribution >= 0.6 is 33.9 Å². The molecule has 0 aliphatic heterocycles. The number of rotatable bonds is 2. The van der Waals surface area contributed by atoms with Crippen LogP contribution in [0.1, 0.15) is 42.1 Å². The summed E-state index contributed by atoms with van der Waals surface area (Å²) in [6, 6.07) is 8.79. The normalized spacial score (nSPS) is 13.6. The minimum absolute atomic E-state index is 0.137. The van der Waals surface area contributed by atoms with E-state index in [9.17, 15) is 4.39 Å². The van der Waals surface area contributed by atoms with Crippen molar-refractivity contribution in [2.24, 2.45) is 5.73 Å². The van der Waals surface area contributed by atoms with E-state index < -0.39 is 0 Å². The molecule has 1 heterocycles. The first-order valence-electron chi connectivity index (χ1n) is 6.10. The molecule has 4 heteroatoms. The lowest BCUT2D eigenvalue weighted by atomic mass is 9.95. The maximum Gasteiger partial charge on any atom is 0.124 e. The number of benzene rings is 1. The van der Waals surface area contributed by atoms with Crippen LogP contribution in [0.3, 0.4) is 0 Å². The van der Waals surface area contributed by atoms with Gasteiger partial charge in [0.25, 0.3) is 0 Å². The van der Waals surface area contributed by atoms with E-state index in [4.69, 9.17) is 5.73 Å². The lowest BCUT2D eigenvalue weighted by Crippen LogP contribution is -2.12. The number of hydrogen-bond donors (Lipinski definition) is 1. The predicted molar refractivity (Wildman–Crippen MR) is 88.2 cm³/mol. The van der Waals surface area contributed by atoms with Gasteiger partial charge in [0.05, 0.1) is 6.04 Å². The Morgan fingerprint density at radius 2 is 1.89 bits per heavy atom. The number of thiophene rings is 1. The Labute approximate surface area is 131 Å². The van der Waals surface area contributed by atoms with Crippen LogP contribution in [0.2, 0.25) is 0 Å². The second kappa shape index (κ2) is 5.50. The highest BCUT2D eigenvalue weighted by Gasteiger charge is 2.20. The van der Waals surface area contributed by atoms with Gasteiger partial charge >= 0.3 is 0 Å². The molecule has 2 aromatic rings. The van der Waals surface area contributed by atoms with Crippen LogP contribution in [0.25, 0.3) is 0 Å². The smallest absolute Gasteiger partial charge is 0.124 e. The molecule has 1 atom stereocenters. The van der Waals surface area contributed by atoms with Gasteiger partial charge in [-0.2, -0.15) is 0 Å². The second-order valence-electron chi connectivity index (χ2n) is 5.60. The molecule has 19 heavy (non-hydrogen) atoms. The van der Waals surface area contributed by atoms with E-state index in [1.807, 2.05) is 0 Å². The van der Waals surface area contributed by atoms with Crippen LogP contribution in [0.5, 0.6) is 0 Å². The molecule has 1 aromatic carbocycles. The van der Waals surface area contributed by atoms with Gasteiger partial charge in [0.1, 0.15) is 5.82 Å². The summed E-state index contributed by atoms with van der Waals surface area (Å²) < 4.78 is 14.0. The fourth-order valence-electron chi connectivity index (χ4n) is 1.83. The van der Waals surface area contributed by atoms with Crippen molar-refractivity contribution in [3.8, 4) is 0 Å². The average molecular weight is 389 g/mol. The summed E-state index contributed by atoms with van der Waals surface area (Å²) in [5, 5.41) is 0. The fraction of sp³-hybridized carbons (Fsp3) is 0.333. The minimum atomic E-state index is -0.220. The monoisotopic (exact) mass is 389 g/mol. The molecule has 0 bridgehead atoms. The lowest BCUT2D eigenvalue weighted by Gasteiger charge is -2.16. The van der Waals surface area contributed by atoms with Crippen molar-refractivity contribution >= 4 is 33.9 Å². The van der Waals surface area contributed by atoms with E-state index in [2.05, 4.69) is 55.5 Å². The highest BCUT2D eigenvalue weighted by molar-refractivity contribution is 14.1. The van der Waals surface area contributed by atoms with Crippen molar-refractivity contribution < 1.29 is 4.39 Å². The van der Waals surface area contributed by atoms with Crippen molar-refractivity contribution in [3.05, 3.63) is 55.0 Å². The Bertz CT molecular complexity index is 586. The highest BCUT2D eigenvalue weighted by Crippen LogP contribution is 2.34. The summed E-state index contributed by atoms with van der Waals surface area (Å²) in [6.45, 7) is 6.57. The Morgan fingerprint density at radius 1 is 1.21 bits per heavy atom. The molecule has 0 spiro atoms. The average Bonchev–Trinajstić information content (AvgIpc) is 2.76. The molecule has 1 aromatic heterocycles. The quantitative estimate of drug-likeness (QED) is 0.731. The summed E-state index contributed by atoms with van der Waals surface area (Å²) in [5.41, 5.74) is 7.42. The number of nitrogens with two attached hydrogens (primary N) is 1. The van der Waals surface area contributed by atoms with E-state index in [1.165, 1.54) is 17.0 Å². The van der Waals surface area contributed by atoms with Gasteiger partial charge in [-0.15, -0.1) is 11.3 Å². The highest BCUT2D eigenvalue weighted by atomic mass is 127. The van der Waals surface area contributed by atoms with E-state index in [1.54, 1.807) is 17.4 Å². The second-order valence-corrected chi connectivity index (χ2v) is 7.87. The van der Waals surface area contributed by atoms with Crippen LogP contribution in [0.4, 0.5) is 4.39 Å². The molecule has 0 amide bonds. The van der Waals surface area contributed by atoms with Gasteiger partial charge in [0, 0.05) is 13.3 Å². The van der Waals surface area contributed by atoms with E-state index in [-0.39, 0.29) is 17.3 Å². The molecule has 0 saturated carbocycles. The van der Waals surface area contributed by atoms with Gasteiger partial charge in [-0.3, -0.25) is 0 Å². The van der Waals surface area contributed by atoms with Gasteiger partial charge in [0.15, 0.2) is 0 Å². The van der Waals surface area contributed by atoms with Gasteiger partial charge < -0.3 is 5.73 Å². The Balaban J connectivity index is 2.34. The van der Waals surface area contributed by atoms with E-state index in [0.717, 1.165) is 14.0 Å². The van der Waals surface area contributed by atoms with Crippen LogP contribution < -0.4 is 5.73 Å². The van der Waals surface area contributed by atoms with Crippen LogP contribution in [-0.4, -0.2) is 0 Å². The lowest BCUT2D eigenvalue weighted by molar-refractivity contribution is 0.604. The Kier molecular flexibility index (Phi) is 4.32. The van der Waals surface area contributed by atoms with Crippen molar-refractivity contribution in [3.63, 3.8) is 0 Å². The van der Waals surface area contributed by atoms with Gasteiger partial charge in [-0.25, -0.2) is 4.39 Å². The zero-order valence-corrected chi connectivity index (χ0v) is 14.2. The molecular weight excluding hydrogens is 372 g/mol. The van der Waals surface area contributed by atoms with Crippen LogP contribution in [-0.2, 0) is 5.41 Å². The summed E-state index contributed by atoms with van der Waals surface area (Å²) in [4.78, 5) is 2.43. The van der Waals surface area contributed by atoms with Gasteiger partial charge in [-0.1, -0.05) is 26.8 Å². The maximum atomic E-state index is 13.1. The third-order valence-electron chi connectivity index (χ3n) is 2.97. The third kappa shape index (κ3) is 3.35. The molecule has 0 radical (unpaired) electrons. The largest absolute Gasteiger partial charge is 0.320 e. The maximum absolute atomic E-state index is 13.1. The van der Waals surface area contributed by atoms with Crippen LogP contribution in [0, 0.1) is 9.39 Å².